The maximum Gasteiger partial charge on any atom is 0.333 e. The summed E-state index contributed by atoms with van der Waals surface area (Å²) in [7, 11) is 1.62. The molecule has 36 heavy (non-hydrogen) atoms. The molecule has 6 heteroatoms. The normalized spacial score (nSPS) is 18.6. The Morgan fingerprint density at radius 1 is 1.06 bits per heavy atom. The Hall–Kier alpha value is -3.64. The lowest BCUT2D eigenvalue weighted by Crippen LogP contribution is -2.17. The van der Waals surface area contributed by atoms with E-state index in [1.165, 1.54) is 12.0 Å². The van der Waals surface area contributed by atoms with Crippen LogP contribution in [0, 0.1) is 0 Å². The van der Waals surface area contributed by atoms with Gasteiger partial charge < -0.3 is 20.1 Å². The van der Waals surface area contributed by atoms with Crippen molar-refractivity contribution in [3.63, 3.8) is 0 Å². The first-order valence-electron chi connectivity index (χ1n) is 12.7. The van der Waals surface area contributed by atoms with Gasteiger partial charge in [0.1, 0.15) is 0 Å². The zero-order valence-electron chi connectivity index (χ0n) is 20.5. The number of aliphatic carboxylic acids is 1. The number of nitrogens with zero attached hydrogens (tertiary/aromatic N) is 1. The SMILES string of the molecule is CNC(=O)c1ccc2c(C3CC=CCC3)c3n(c2c1)CC(C(=O)O)=Cc1ccccc1-3.OC1CCC1. The van der Waals surface area contributed by atoms with Crippen LogP contribution in [0.2, 0.25) is 0 Å². The Morgan fingerprint density at radius 3 is 2.47 bits per heavy atom. The largest absolute Gasteiger partial charge is 0.478 e. The van der Waals surface area contributed by atoms with Crippen LogP contribution in [0.25, 0.3) is 28.2 Å². The van der Waals surface area contributed by atoms with Gasteiger partial charge in [0.05, 0.1) is 23.9 Å². The molecule has 1 unspecified atom stereocenters. The van der Waals surface area contributed by atoms with E-state index in [4.69, 9.17) is 5.11 Å². The highest BCUT2D eigenvalue weighted by molar-refractivity contribution is 6.03. The number of fused-ring (bicyclic) bond motifs is 5. The first kappa shape index (κ1) is 24.1. The number of amides is 1. The molecule has 0 spiro atoms. The molecule has 3 aliphatic rings. The number of carboxylic acids is 1. The van der Waals surface area contributed by atoms with Crippen LogP contribution in [0.15, 0.2) is 60.2 Å². The second kappa shape index (κ2) is 10.2. The minimum atomic E-state index is -0.922. The van der Waals surface area contributed by atoms with Crippen LogP contribution >= 0.6 is 0 Å². The Morgan fingerprint density at radius 2 is 1.83 bits per heavy atom. The summed E-state index contributed by atoms with van der Waals surface area (Å²) in [5.41, 5.74) is 6.11. The smallest absolute Gasteiger partial charge is 0.333 e. The fourth-order valence-electron chi connectivity index (χ4n) is 5.34. The van der Waals surface area contributed by atoms with E-state index < -0.39 is 5.97 Å². The number of hydrogen-bond donors (Lipinski definition) is 3. The van der Waals surface area contributed by atoms with Crippen molar-refractivity contribution in [3.8, 4) is 11.3 Å². The van der Waals surface area contributed by atoms with Crippen LogP contribution in [0.1, 0.15) is 65.9 Å². The lowest BCUT2D eigenvalue weighted by atomic mass is 9.84. The summed E-state index contributed by atoms with van der Waals surface area (Å²) in [5, 5.41) is 22.1. The molecular weight excluding hydrogens is 452 g/mol. The predicted octanol–water partition coefficient (Wildman–Crippen LogP) is 5.50. The van der Waals surface area contributed by atoms with Gasteiger partial charge in [0.2, 0.25) is 0 Å². The van der Waals surface area contributed by atoms with Gasteiger partial charge in [-0.3, -0.25) is 4.79 Å². The fourth-order valence-corrected chi connectivity index (χ4v) is 5.34. The zero-order chi connectivity index (χ0) is 25.2. The van der Waals surface area contributed by atoms with E-state index in [-0.39, 0.29) is 18.6 Å². The topological polar surface area (TPSA) is 91.6 Å². The van der Waals surface area contributed by atoms with Crippen LogP contribution in [0.3, 0.4) is 0 Å². The molecule has 3 N–H and O–H groups in total. The van der Waals surface area contributed by atoms with Crippen LogP contribution in [-0.4, -0.2) is 39.8 Å². The molecule has 6 rings (SSSR count). The maximum atomic E-state index is 12.3. The number of allylic oxidation sites excluding steroid dienone is 2. The molecule has 1 fully saturated rings. The van der Waals surface area contributed by atoms with Gasteiger partial charge in [0.15, 0.2) is 0 Å². The van der Waals surface area contributed by atoms with Crippen LogP contribution in [0.4, 0.5) is 0 Å². The van der Waals surface area contributed by atoms with Gasteiger partial charge in [-0.25, -0.2) is 4.79 Å². The Kier molecular flexibility index (Phi) is 6.79. The zero-order valence-corrected chi connectivity index (χ0v) is 20.5. The van der Waals surface area contributed by atoms with Gasteiger partial charge in [0.25, 0.3) is 5.91 Å². The summed E-state index contributed by atoms with van der Waals surface area (Å²) >= 11 is 0. The second-order valence-corrected chi connectivity index (χ2v) is 9.79. The fraction of sp³-hybridized carbons (Fsp3) is 0.333. The minimum absolute atomic E-state index is 0.0648. The molecule has 1 saturated carbocycles. The average molecular weight is 485 g/mol. The molecule has 1 atom stereocenters. The molecule has 2 aliphatic carbocycles. The van der Waals surface area contributed by atoms with Crippen molar-refractivity contribution in [2.45, 2.75) is 57.1 Å². The number of aliphatic hydroxyl groups is 1. The first-order valence-corrected chi connectivity index (χ1v) is 12.7. The van der Waals surface area contributed by atoms with Gasteiger partial charge >= 0.3 is 5.97 Å². The van der Waals surface area contributed by atoms with E-state index in [9.17, 15) is 14.7 Å². The molecule has 3 aromatic rings. The first-order chi connectivity index (χ1) is 17.5. The summed E-state index contributed by atoms with van der Waals surface area (Å²) in [4.78, 5) is 24.4. The number of rotatable bonds is 3. The van der Waals surface area contributed by atoms with E-state index in [0.717, 1.165) is 59.8 Å². The number of hydrogen-bond acceptors (Lipinski definition) is 3. The van der Waals surface area contributed by atoms with Crippen molar-refractivity contribution in [1.82, 2.24) is 9.88 Å². The summed E-state index contributed by atoms with van der Waals surface area (Å²) in [6, 6.07) is 13.8. The lowest BCUT2D eigenvalue weighted by Gasteiger charge is -2.21. The Bertz CT molecular complexity index is 1380. The molecule has 186 valence electrons. The summed E-state index contributed by atoms with van der Waals surface area (Å²) < 4.78 is 2.10. The molecule has 2 aromatic carbocycles. The van der Waals surface area contributed by atoms with Crippen molar-refractivity contribution < 1.29 is 19.8 Å². The predicted molar refractivity (Wildman–Crippen MR) is 142 cm³/mol. The highest BCUT2D eigenvalue weighted by Crippen LogP contribution is 2.45. The average Bonchev–Trinajstić information content (AvgIpc) is 3.09. The summed E-state index contributed by atoms with van der Waals surface area (Å²) in [5.74, 6) is -0.717. The monoisotopic (exact) mass is 484 g/mol. The standard InChI is InChI=1S/C26H24N2O3.C4H8O/c1-27-25(29)18-11-12-21-22(14-18)28-15-19(26(30)31)13-17-9-5-6-10-20(17)24(28)23(21)16-7-3-2-4-8-16;5-4-2-1-3-4/h2-3,5-6,9-14,16H,4,7-8,15H2,1H3,(H,27,29)(H,30,31);4-5H,1-3H2. The van der Waals surface area contributed by atoms with Gasteiger partial charge in [-0.2, -0.15) is 0 Å². The third-order valence-corrected chi connectivity index (χ3v) is 7.49. The van der Waals surface area contributed by atoms with Gasteiger partial charge in [0, 0.05) is 29.1 Å². The quantitative estimate of drug-likeness (QED) is 0.428. The van der Waals surface area contributed by atoms with E-state index in [1.54, 1.807) is 13.1 Å². The lowest BCUT2D eigenvalue weighted by molar-refractivity contribution is -0.132. The maximum absolute atomic E-state index is 12.3. The molecule has 6 nitrogen and oxygen atoms in total. The van der Waals surface area contributed by atoms with Gasteiger partial charge in [-0.05, 0) is 73.8 Å². The molecule has 0 saturated heterocycles. The number of benzene rings is 2. The number of carboxylic acid groups (broad SMARTS) is 1. The molecular formula is C30H32N2O4. The molecule has 0 bridgehead atoms. The number of aliphatic hydroxyl groups excluding tert-OH is 1. The number of carbonyl (C=O) groups excluding carboxylic acids is 1. The molecule has 0 radical (unpaired) electrons. The Balaban J connectivity index is 0.000000477. The third kappa shape index (κ3) is 4.49. The summed E-state index contributed by atoms with van der Waals surface area (Å²) in [6.45, 7) is 0.260. The van der Waals surface area contributed by atoms with Crippen molar-refractivity contribution in [2.24, 2.45) is 0 Å². The highest BCUT2D eigenvalue weighted by Gasteiger charge is 2.29. The van der Waals surface area contributed by atoms with Gasteiger partial charge in [-0.1, -0.05) is 42.5 Å². The van der Waals surface area contributed by atoms with E-state index in [2.05, 4.69) is 28.1 Å². The van der Waals surface area contributed by atoms with Crippen molar-refractivity contribution in [2.75, 3.05) is 7.05 Å². The van der Waals surface area contributed by atoms with Crippen LogP contribution in [-0.2, 0) is 11.3 Å². The minimum Gasteiger partial charge on any atom is -0.478 e. The van der Waals surface area contributed by atoms with Gasteiger partial charge in [-0.15, -0.1) is 0 Å². The number of nitrogens with one attached hydrogen (secondary N) is 1. The number of aromatic nitrogens is 1. The second-order valence-electron chi connectivity index (χ2n) is 9.79. The number of carbonyl (C=O) groups is 2. The van der Waals surface area contributed by atoms with E-state index in [1.807, 2.05) is 36.4 Å². The van der Waals surface area contributed by atoms with Crippen molar-refractivity contribution >= 4 is 28.9 Å². The van der Waals surface area contributed by atoms with Crippen molar-refractivity contribution in [3.05, 3.63) is 76.9 Å². The highest BCUT2D eigenvalue weighted by atomic mass is 16.4. The molecule has 1 aromatic heterocycles. The Labute approximate surface area is 210 Å². The van der Waals surface area contributed by atoms with Crippen molar-refractivity contribution in [1.29, 1.82) is 0 Å². The van der Waals surface area contributed by atoms with Crippen LogP contribution in [0.5, 0.6) is 0 Å². The molecule has 1 aliphatic heterocycles. The third-order valence-electron chi connectivity index (χ3n) is 7.49. The van der Waals surface area contributed by atoms with Crippen LogP contribution < -0.4 is 5.32 Å². The summed E-state index contributed by atoms with van der Waals surface area (Å²) in [6.07, 6.45) is 12.7. The van der Waals surface area contributed by atoms with E-state index in [0.29, 0.717) is 17.1 Å². The van der Waals surface area contributed by atoms with E-state index >= 15 is 0 Å². The molecule has 2 heterocycles. The molecule has 1 amide bonds.